The average molecular weight is 328 g/mol. The third-order valence-electron chi connectivity index (χ3n) is 3.04. The molecule has 1 amide bonds. The van der Waals surface area contributed by atoms with E-state index in [1.807, 2.05) is 26.8 Å². The van der Waals surface area contributed by atoms with Gasteiger partial charge < -0.3 is 10.4 Å². The van der Waals surface area contributed by atoms with Crippen LogP contribution >= 0.6 is 15.9 Å². The number of carbonyl (C=O) groups is 2. The summed E-state index contributed by atoms with van der Waals surface area (Å²) in [4.78, 5) is 23.1. The fourth-order valence-electron chi connectivity index (χ4n) is 1.73. The van der Waals surface area contributed by atoms with Gasteiger partial charge in [-0.05, 0) is 40.4 Å². The standard InChI is InChI=1S/C14H18BrNO3/c1-8(2)11(14(18)19)7-16-13(17)10-6-4-5-9(3)12(10)15/h4-6,8,11H,7H2,1-3H3,(H,16,17)(H,18,19). The number of hydrogen-bond donors (Lipinski definition) is 2. The van der Waals surface area contributed by atoms with E-state index in [1.165, 1.54) is 0 Å². The first-order valence-corrected chi connectivity index (χ1v) is 6.90. The predicted molar refractivity (Wildman–Crippen MR) is 77.2 cm³/mol. The minimum atomic E-state index is -0.890. The van der Waals surface area contributed by atoms with Crippen molar-refractivity contribution >= 4 is 27.8 Å². The number of aryl methyl sites for hydroxylation is 1. The molecule has 0 heterocycles. The van der Waals surface area contributed by atoms with Crippen molar-refractivity contribution in [3.63, 3.8) is 0 Å². The van der Waals surface area contributed by atoms with Gasteiger partial charge in [-0.2, -0.15) is 0 Å². The molecule has 2 N–H and O–H groups in total. The van der Waals surface area contributed by atoms with Crippen LogP contribution in [0.3, 0.4) is 0 Å². The second-order valence-electron chi connectivity index (χ2n) is 4.84. The summed E-state index contributed by atoms with van der Waals surface area (Å²) in [5.41, 5.74) is 1.49. The monoisotopic (exact) mass is 327 g/mol. The Morgan fingerprint density at radius 3 is 2.53 bits per heavy atom. The average Bonchev–Trinajstić information content (AvgIpc) is 2.31. The minimum Gasteiger partial charge on any atom is -0.481 e. The lowest BCUT2D eigenvalue weighted by Gasteiger charge is -2.17. The van der Waals surface area contributed by atoms with Crippen LogP contribution in [-0.2, 0) is 4.79 Å². The van der Waals surface area contributed by atoms with E-state index in [9.17, 15) is 9.59 Å². The van der Waals surface area contributed by atoms with Crippen molar-refractivity contribution in [1.82, 2.24) is 5.32 Å². The smallest absolute Gasteiger partial charge is 0.308 e. The summed E-state index contributed by atoms with van der Waals surface area (Å²) >= 11 is 3.37. The summed E-state index contributed by atoms with van der Waals surface area (Å²) in [6.07, 6.45) is 0. The Morgan fingerprint density at radius 2 is 2.00 bits per heavy atom. The van der Waals surface area contributed by atoms with Gasteiger partial charge in [-0.3, -0.25) is 9.59 Å². The predicted octanol–water partition coefficient (Wildman–Crippen LogP) is 2.84. The summed E-state index contributed by atoms with van der Waals surface area (Å²) in [6, 6.07) is 5.40. The quantitative estimate of drug-likeness (QED) is 0.873. The molecule has 0 aliphatic rings. The minimum absolute atomic E-state index is 0.0289. The molecule has 0 saturated heterocycles. The van der Waals surface area contributed by atoms with Crippen LogP contribution in [0.25, 0.3) is 0 Å². The van der Waals surface area contributed by atoms with Gasteiger partial charge in [-0.15, -0.1) is 0 Å². The topological polar surface area (TPSA) is 66.4 Å². The molecule has 0 spiro atoms. The second kappa shape index (κ2) is 6.70. The summed E-state index contributed by atoms with van der Waals surface area (Å²) < 4.78 is 0.740. The van der Waals surface area contributed by atoms with Crippen LogP contribution in [0.4, 0.5) is 0 Å². The van der Waals surface area contributed by atoms with Gasteiger partial charge in [0.2, 0.25) is 0 Å². The molecule has 0 radical (unpaired) electrons. The van der Waals surface area contributed by atoms with E-state index < -0.39 is 11.9 Å². The van der Waals surface area contributed by atoms with Crippen LogP contribution in [0.2, 0.25) is 0 Å². The van der Waals surface area contributed by atoms with E-state index in [2.05, 4.69) is 21.2 Å². The van der Waals surface area contributed by atoms with Crippen molar-refractivity contribution in [2.75, 3.05) is 6.54 Å². The van der Waals surface area contributed by atoms with Crippen molar-refractivity contribution in [2.45, 2.75) is 20.8 Å². The van der Waals surface area contributed by atoms with Gasteiger partial charge in [0.15, 0.2) is 0 Å². The Morgan fingerprint density at radius 1 is 1.37 bits per heavy atom. The van der Waals surface area contributed by atoms with Crippen LogP contribution in [-0.4, -0.2) is 23.5 Å². The number of hydrogen-bond acceptors (Lipinski definition) is 2. The number of nitrogens with one attached hydrogen (secondary N) is 1. The zero-order valence-electron chi connectivity index (χ0n) is 11.2. The Hall–Kier alpha value is -1.36. The van der Waals surface area contributed by atoms with Crippen molar-refractivity contribution in [3.05, 3.63) is 33.8 Å². The molecule has 0 fully saturated rings. The van der Waals surface area contributed by atoms with Gasteiger partial charge in [0.05, 0.1) is 11.5 Å². The highest BCUT2D eigenvalue weighted by Crippen LogP contribution is 2.21. The second-order valence-corrected chi connectivity index (χ2v) is 5.63. The summed E-state index contributed by atoms with van der Waals surface area (Å²) in [5.74, 6) is -1.76. The van der Waals surface area contributed by atoms with E-state index in [0.29, 0.717) is 5.56 Å². The van der Waals surface area contributed by atoms with Crippen LogP contribution < -0.4 is 5.32 Å². The molecule has 1 aromatic rings. The number of rotatable bonds is 5. The lowest BCUT2D eigenvalue weighted by molar-refractivity contribution is -0.142. The number of amides is 1. The molecule has 1 unspecified atom stereocenters. The third kappa shape index (κ3) is 4.06. The highest BCUT2D eigenvalue weighted by Gasteiger charge is 2.22. The van der Waals surface area contributed by atoms with Crippen LogP contribution in [0.5, 0.6) is 0 Å². The maximum absolute atomic E-state index is 12.0. The Balaban J connectivity index is 2.75. The Kier molecular flexibility index (Phi) is 5.54. The van der Waals surface area contributed by atoms with Crippen LogP contribution in [0.15, 0.2) is 22.7 Å². The molecule has 5 heteroatoms. The molecular formula is C14H18BrNO3. The molecule has 1 aromatic carbocycles. The maximum atomic E-state index is 12.0. The number of aliphatic carboxylic acids is 1. The Labute approximate surface area is 121 Å². The molecule has 19 heavy (non-hydrogen) atoms. The first-order valence-electron chi connectivity index (χ1n) is 6.10. The van der Waals surface area contributed by atoms with Gasteiger partial charge in [0.25, 0.3) is 5.91 Å². The zero-order valence-corrected chi connectivity index (χ0v) is 12.8. The van der Waals surface area contributed by atoms with Crippen LogP contribution in [0, 0.1) is 18.8 Å². The largest absolute Gasteiger partial charge is 0.481 e. The maximum Gasteiger partial charge on any atom is 0.308 e. The molecule has 1 atom stereocenters. The normalized spacial score (nSPS) is 12.3. The van der Waals surface area contributed by atoms with Crippen LogP contribution in [0.1, 0.15) is 29.8 Å². The fourth-order valence-corrected chi connectivity index (χ4v) is 2.17. The molecule has 0 aromatic heterocycles. The van der Waals surface area contributed by atoms with Crippen molar-refractivity contribution in [2.24, 2.45) is 11.8 Å². The van der Waals surface area contributed by atoms with Gasteiger partial charge in [-0.1, -0.05) is 26.0 Å². The summed E-state index contributed by atoms with van der Waals surface area (Å²) in [5, 5.41) is 11.7. The summed E-state index contributed by atoms with van der Waals surface area (Å²) in [7, 11) is 0. The van der Waals surface area contributed by atoms with Crippen molar-refractivity contribution in [1.29, 1.82) is 0 Å². The highest BCUT2D eigenvalue weighted by atomic mass is 79.9. The Bertz CT molecular complexity index is 486. The van der Waals surface area contributed by atoms with E-state index in [1.54, 1.807) is 12.1 Å². The first-order chi connectivity index (χ1) is 8.84. The first kappa shape index (κ1) is 15.7. The fraction of sp³-hybridized carbons (Fsp3) is 0.429. The molecule has 0 aliphatic carbocycles. The van der Waals surface area contributed by atoms with Crippen molar-refractivity contribution in [3.8, 4) is 0 Å². The van der Waals surface area contributed by atoms with Crippen molar-refractivity contribution < 1.29 is 14.7 Å². The number of carboxylic acid groups (broad SMARTS) is 1. The lowest BCUT2D eigenvalue weighted by atomic mass is 9.96. The summed E-state index contributed by atoms with van der Waals surface area (Å²) in [6.45, 7) is 5.68. The third-order valence-corrected chi connectivity index (χ3v) is 4.09. The molecular weight excluding hydrogens is 310 g/mol. The molecule has 0 saturated carbocycles. The van der Waals surface area contributed by atoms with E-state index in [4.69, 9.17) is 5.11 Å². The lowest BCUT2D eigenvalue weighted by Crippen LogP contribution is -2.35. The van der Waals surface area contributed by atoms with Gasteiger partial charge in [0.1, 0.15) is 0 Å². The molecule has 0 aliphatic heterocycles. The SMILES string of the molecule is Cc1cccc(C(=O)NCC(C(=O)O)C(C)C)c1Br. The number of carboxylic acids is 1. The molecule has 0 bridgehead atoms. The van der Waals surface area contributed by atoms with E-state index in [0.717, 1.165) is 10.0 Å². The van der Waals surface area contributed by atoms with E-state index in [-0.39, 0.29) is 18.4 Å². The highest BCUT2D eigenvalue weighted by molar-refractivity contribution is 9.10. The zero-order chi connectivity index (χ0) is 14.6. The number of benzene rings is 1. The van der Waals surface area contributed by atoms with Gasteiger partial charge >= 0.3 is 5.97 Å². The molecule has 4 nitrogen and oxygen atoms in total. The molecule has 1 rings (SSSR count). The van der Waals surface area contributed by atoms with E-state index >= 15 is 0 Å². The van der Waals surface area contributed by atoms with Gasteiger partial charge in [0, 0.05) is 11.0 Å². The number of carbonyl (C=O) groups excluding carboxylic acids is 1. The number of halogens is 1. The van der Waals surface area contributed by atoms with Gasteiger partial charge in [-0.25, -0.2) is 0 Å². The molecule has 104 valence electrons.